The summed E-state index contributed by atoms with van der Waals surface area (Å²) in [7, 11) is -3.60. The predicted octanol–water partition coefficient (Wildman–Crippen LogP) is 4.80. The fourth-order valence-electron chi connectivity index (χ4n) is 3.89. The van der Waals surface area contributed by atoms with Crippen molar-refractivity contribution in [3.05, 3.63) is 56.8 Å². The van der Waals surface area contributed by atoms with Crippen molar-refractivity contribution < 1.29 is 13.2 Å². The molecule has 1 fully saturated rings. The number of terminal acetylenes is 1. The standard InChI is InChI=1S/C23H21Cl2N3O3S2/c1-3-10-28-21-19(25)12-17(24)13-20(21)32-23(28)26-22(29)16-6-8-18(9-7-16)33(30,31)27-11-4-5-15(2)14-27/h1,6-9,12-13,15H,4-5,10-11,14H2,2H3. The number of hydrogen-bond acceptors (Lipinski definition) is 4. The molecule has 2 heterocycles. The summed E-state index contributed by atoms with van der Waals surface area (Å²) in [4.78, 5) is 17.6. The van der Waals surface area contributed by atoms with Gasteiger partial charge in [-0.3, -0.25) is 4.79 Å². The number of halogens is 2. The molecule has 1 unspecified atom stereocenters. The smallest absolute Gasteiger partial charge is 0.279 e. The molecule has 2 aromatic carbocycles. The van der Waals surface area contributed by atoms with Crippen LogP contribution in [0.1, 0.15) is 30.1 Å². The molecule has 1 amide bonds. The zero-order valence-corrected chi connectivity index (χ0v) is 20.9. The van der Waals surface area contributed by atoms with Gasteiger partial charge in [-0.15, -0.1) is 6.42 Å². The van der Waals surface area contributed by atoms with Crippen LogP contribution in [0.3, 0.4) is 0 Å². The van der Waals surface area contributed by atoms with Gasteiger partial charge in [-0.05, 0) is 55.2 Å². The van der Waals surface area contributed by atoms with Crippen LogP contribution in [0.4, 0.5) is 0 Å². The van der Waals surface area contributed by atoms with E-state index in [0.717, 1.165) is 17.5 Å². The fourth-order valence-corrected chi connectivity index (χ4v) is 7.30. The molecule has 0 bridgehead atoms. The molecule has 1 aliphatic rings. The summed E-state index contributed by atoms with van der Waals surface area (Å²) in [5.74, 6) is 2.37. The van der Waals surface area contributed by atoms with Crippen LogP contribution in [0.15, 0.2) is 46.3 Å². The normalized spacial score (nSPS) is 17.9. The number of amides is 1. The lowest BCUT2D eigenvalue weighted by Gasteiger charge is -2.30. The van der Waals surface area contributed by atoms with Gasteiger partial charge in [0.05, 0.1) is 26.7 Å². The molecule has 33 heavy (non-hydrogen) atoms. The van der Waals surface area contributed by atoms with E-state index in [9.17, 15) is 13.2 Å². The molecule has 1 aromatic heterocycles. The summed E-state index contributed by atoms with van der Waals surface area (Å²) in [5, 5.41) is 0.888. The van der Waals surface area contributed by atoms with Crippen LogP contribution in [0.2, 0.25) is 10.0 Å². The fraction of sp³-hybridized carbons (Fsp3) is 0.304. The van der Waals surface area contributed by atoms with E-state index < -0.39 is 15.9 Å². The molecule has 1 atom stereocenters. The number of thiazole rings is 1. The number of benzene rings is 2. The molecule has 0 aliphatic carbocycles. The van der Waals surface area contributed by atoms with Crippen LogP contribution in [-0.2, 0) is 16.6 Å². The number of carbonyl (C=O) groups is 1. The van der Waals surface area contributed by atoms with Gasteiger partial charge in [0.15, 0.2) is 4.80 Å². The topological polar surface area (TPSA) is 71.7 Å². The molecule has 0 N–H and O–H groups in total. The van der Waals surface area contributed by atoms with E-state index in [1.165, 1.54) is 39.9 Å². The number of sulfonamides is 1. The van der Waals surface area contributed by atoms with Gasteiger partial charge in [0.1, 0.15) is 0 Å². The Kier molecular flexibility index (Phi) is 6.99. The first-order valence-electron chi connectivity index (χ1n) is 10.3. The number of piperidine rings is 1. The van der Waals surface area contributed by atoms with E-state index in [1.807, 2.05) is 6.92 Å². The molecule has 3 aromatic rings. The Morgan fingerprint density at radius 3 is 2.67 bits per heavy atom. The Hall–Kier alpha value is -2.15. The Bertz CT molecular complexity index is 1430. The summed E-state index contributed by atoms with van der Waals surface area (Å²) in [5.41, 5.74) is 0.933. The van der Waals surface area contributed by atoms with E-state index in [2.05, 4.69) is 10.9 Å². The molecule has 1 saturated heterocycles. The number of fused-ring (bicyclic) bond motifs is 1. The molecule has 172 valence electrons. The summed E-state index contributed by atoms with van der Waals surface area (Å²) in [6.45, 7) is 3.24. The average molecular weight is 522 g/mol. The predicted molar refractivity (Wildman–Crippen MR) is 132 cm³/mol. The maximum atomic E-state index is 13.0. The highest BCUT2D eigenvalue weighted by molar-refractivity contribution is 7.89. The maximum absolute atomic E-state index is 13.0. The van der Waals surface area contributed by atoms with Crippen molar-refractivity contribution >= 4 is 60.7 Å². The van der Waals surface area contributed by atoms with Gasteiger partial charge >= 0.3 is 0 Å². The number of carbonyl (C=O) groups excluding carboxylic acids is 1. The molecular formula is C23H21Cl2N3O3S2. The van der Waals surface area contributed by atoms with E-state index in [4.69, 9.17) is 29.6 Å². The molecular weight excluding hydrogens is 501 g/mol. The zero-order valence-electron chi connectivity index (χ0n) is 17.8. The maximum Gasteiger partial charge on any atom is 0.279 e. The van der Waals surface area contributed by atoms with E-state index in [0.29, 0.717) is 39.4 Å². The van der Waals surface area contributed by atoms with Gasteiger partial charge in [-0.25, -0.2) is 8.42 Å². The second-order valence-corrected chi connectivity index (χ2v) is 11.8. The molecule has 0 saturated carbocycles. The van der Waals surface area contributed by atoms with E-state index >= 15 is 0 Å². The van der Waals surface area contributed by atoms with Crippen molar-refractivity contribution in [2.75, 3.05) is 13.1 Å². The SMILES string of the molecule is C#CCn1c(=NC(=O)c2ccc(S(=O)(=O)N3CCCC(C)C3)cc2)sc2cc(Cl)cc(Cl)c21. The minimum absolute atomic E-state index is 0.166. The van der Waals surface area contributed by atoms with Crippen molar-refractivity contribution in [2.24, 2.45) is 10.9 Å². The van der Waals surface area contributed by atoms with Crippen molar-refractivity contribution in [1.29, 1.82) is 0 Å². The Morgan fingerprint density at radius 1 is 1.27 bits per heavy atom. The highest BCUT2D eigenvalue weighted by Gasteiger charge is 2.28. The van der Waals surface area contributed by atoms with Crippen molar-refractivity contribution in [3.8, 4) is 12.3 Å². The minimum Gasteiger partial charge on any atom is -0.303 e. The van der Waals surface area contributed by atoms with Crippen LogP contribution in [0.25, 0.3) is 10.2 Å². The second kappa shape index (κ2) is 9.61. The first kappa shape index (κ1) is 24.0. The van der Waals surface area contributed by atoms with Gasteiger partial charge in [0.25, 0.3) is 5.91 Å². The van der Waals surface area contributed by atoms with Gasteiger partial charge in [0.2, 0.25) is 10.0 Å². The molecule has 0 radical (unpaired) electrons. The monoisotopic (exact) mass is 521 g/mol. The second-order valence-electron chi connectivity index (χ2n) is 7.96. The summed E-state index contributed by atoms with van der Waals surface area (Å²) < 4.78 is 29.9. The third-order valence-electron chi connectivity index (χ3n) is 5.50. The number of aromatic nitrogens is 1. The summed E-state index contributed by atoms with van der Waals surface area (Å²) >= 11 is 13.7. The van der Waals surface area contributed by atoms with Crippen LogP contribution >= 0.6 is 34.5 Å². The average Bonchev–Trinajstić information content (AvgIpc) is 3.11. The van der Waals surface area contributed by atoms with Crippen molar-refractivity contribution in [3.63, 3.8) is 0 Å². The van der Waals surface area contributed by atoms with Crippen molar-refractivity contribution in [2.45, 2.75) is 31.2 Å². The van der Waals surface area contributed by atoms with Crippen LogP contribution in [0, 0.1) is 18.3 Å². The van der Waals surface area contributed by atoms with Crippen molar-refractivity contribution in [1.82, 2.24) is 8.87 Å². The number of hydrogen-bond donors (Lipinski definition) is 0. The summed E-state index contributed by atoms with van der Waals surface area (Å²) in [6.07, 6.45) is 7.37. The van der Waals surface area contributed by atoms with E-state index in [1.54, 1.807) is 16.7 Å². The third-order valence-corrected chi connectivity index (χ3v) is 8.91. The molecule has 0 spiro atoms. The van der Waals surface area contributed by atoms with Gasteiger partial charge in [-0.1, -0.05) is 47.4 Å². The molecule has 6 nitrogen and oxygen atoms in total. The zero-order chi connectivity index (χ0) is 23.8. The first-order valence-corrected chi connectivity index (χ1v) is 13.3. The Labute approximate surface area is 206 Å². The van der Waals surface area contributed by atoms with Gasteiger partial charge < -0.3 is 4.57 Å². The van der Waals surface area contributed by atoms with Crippen LogP contribution < -0.4 is 4.80 Å². The highest BCUT2D eigenvalue weighted by atomic mass is 35.5. The van der Waals surface area contributed by atoms with Gasteiger partial charge in [-0.2, -0.15) is 9.30 Å². The molecule has 1 aliphatic heterocycles. The number of nitrogens with zero attached hydrogens (tertiary/aromatic N) is 3. The van der Waals surface area contributed by atoms with Crippen LogP contribution in [-0.4, -0.2) is 36.3 Å². The van der Waals surface area contributed by atoms with Gasteiger partial charge in [0, 0.05) is 23.7 Å². The first-order chi connectivity index (χ1) is 15.7. The lowest BCUT2D eigenvalue weighted by molar-refractivity contribution is 0.0998. The summed E-state index contributed by atoms with van der Waals surface area (Å²) in [6, 6.07) is 9.22. The Balaban J connectivity index is 1.67. The Morgan fingerprint density at radius 2 is 2.00 bits per heavy atom. The quantitative estimate of drug-likeness (QED) is 0.462. The third kappa shape index (κ3) is 4.88. The minimum atomic E-state index is -3.60. The number of rotatable bonds is 4. The largest absolute Gasteiger partial charge is 0.303 e. The van der Waals surface area contributed by atoms with Crippen LogP contribution in [0.5, 0.6) is 0 Å². The lowest BCUT2D eigenvalue weighted by Crippen LogP contribution is -2.39. The molecule has 10 heteroatoms. The lowest BCUT2D eigenvalue weighted by atomic mass is 10.0. The molecule has 4 rings (SSSR count). The highest BCUT2D eigenvalue weighted by Crippen LogP contribution is 2.30. The van der Waals surface area contributed by atoms with E-state index in [-0.39, 0.29) is 17.0 Å².